The molecule has 16 heavy (non-hydrogen) atoms. The van der Waals surface area contributed by atoms with Crippen LogP contribution in [0.25, 0.3) is 0 Å². The lowest BCUT2D eigenvalue weighted by molar-refractivity contribution is 0.541. The second kappa shape index (κ2) is 4.60. The zero-order chi connectivity index (χ0) is 11.8. The van der Waals surface area contributed by atoms with Crippen molar-refractivity contribution in [2.45, 2.75) is 19.0 Å². The molecule has 0 bridgehead atoms. The van der Waals surface area contributed by atoms with Crippen molar-refractivity contribution in [2.75, 3.05) is 5.75 Å². The van der Waals surface area contributed by atoms with Crippen molar-refractivity contribution < 1.29 is 8.42 Å². The van der Waals surface area contributed by atoms with Gasteiger partial charge in [0.2, 0.25) is 0 Å². The Labute approximate surface area is 108 Å². The molecule has 0 spiro atoms. The van der Waals surface area contributed by atoms with E-state index in [1.165, 1.54) is 10.3 Å². The van der Waals surface area contributed by atoms with Gasteiger partial charge < -0.3 is 5.32 Å². The maximum absolute atomic E-state index is 11.2. The molecule has 0 aromatic carbocycles. The predicted molar refractivity (Wildman–Crippen MR) is 70.3 cm³/mol. The van der Waals surface area contributed by atoms with Crippen LogP contribution in [0.4, 0.5) is 0 Å². The number of thiophene rings is 1. The molecule has 0 aliphatic carbocycles. The highest BCUT2D eigenvalue weighted by molar-refractivity contribution is 9.11. The van der Waals surface area contributed by atoms with Crippen molar-refractivity contribution in [3.05, 3.63) is 32.3 Å². The molecule has 0 amide bonds. The van der Waals surface area contributed by atoms with Gasteiger partial charge in [0, 0.05) is 22.4 Å². The van der Waals surface area contributed by atoms with Gasteiger partial charge in [-0.25, -0.2) is 8.42 Å². The number of sulfone groups is 1. The van der Waals surface area contributed by atoms with Gasteiger partial charge in [-0.15, -0.1) is 11.3 Å². The molecule has 2 heterocycles. The van der Waals surface area contributed by atoms with E-state index in [0.29, 0.717) is 0 Å². The van der Waals surface area contributed by atoms with E-state index in [4.69, 9.17) is 0 Å². The Morgan fingerprint density at radius 3 is 2.81 bits per heavy atom. The molecule has 1 aromatic heterocycles. The highest BCUT2D eigenvalue weighted by Crippen LogP contribution is 2.27. The fourth-order valence-electron chi connectivity index (χ4n) is 1.64. The number of rotatable bonds is 3. The van der Waals surface area contributed by atoms with E-state index < -0.39 is 9.84 Å². The second-order valence-electron chi connectivity index (χ2n) is 3.79. The molecular weight excluding hydrogens is 310 g/mol. The van der Waals surface area contributed by atoms with Crippen LogP contribution in [0.2, 0.25) is 0 Å². The first kappa shape index (κ1) is 12.3. The van der Waals surface area contributed by atoms with Crippen LogP contribution in [0.1, 0.15) is 17.8 Å². The summed E-state index contributed by atoms with van der Waals surface area (Å²) in [5, 5.41) is 4.58. The van der Waals surface area contributed by atoms with Gasteiger partial charge in [-0.1, -0.05) is 6.08 Å². The summed E-state index contributed by atoms with van der Waals surface area (Å²) in [6.45, 7) is 2.04. The summed E-state index contributed by atoms with van der Waals surface area (Å²) in [5.41, 5.74) is 0. The Kier molecular flexibility index (Phi) is 3.53. The van der Waals surface area contributed by atoms with E-state index in [0.717, 1.165) is 3.79 Å². The Bertz CT molecular complexity index is 507. The van der Waals surface area contributed by atoms with E-state index in [1.807, 2.05) is 19.1 Å². The maximum atomic E-state index is 11.2. The normalized spacial score (nSPS) is 24.8. The number of halogens is 1. The minimum Gasteiger partial charge on any atom is -0.302 e. The molecule has 0 fully saturated rings. The lowest BCUT2D eigenvalue weighted by atomic mass is 10.2. The fraction of sp³-hybridized carbons (Fsp3) is 0.400. The third-order valence-corrected chi connectivity index (χ3v) is 5.62. The molecule has 2 rings (SSSR count). The van der Waals surface area contributed by atoms with Crippen LogP contribution in [-0.4, -0.2) is 20.2 Å². The first-order valence-corrected chi connectivity index (χ1v) is 8.21. The van der Waals surface area contributed by atoms with Gasteiger partial charge in [0.25, 0.3) is 0 Å². The Morgan fingerprint density at radius 1 is 1.56 bits per heavy atom. The summed E-state index contributed by atoms with van der Waals surface area (Å²) in [4.78, 5) is 1.20. The summed E-state index contributed by atoms with van der Waals surface area (Å²) in [5.74, 6) is 0.171. The maximum Gasteiger partial charge on any atom is 0.173 e. The monoisotopic (exact) mass is 321 g/mol. The first-order chi connectivity index (χ1) is 7.46. The van der Waals surface area contributed by atoms with Crippen LogP contribution in [0.15, 0.2) is 27.4 Å². The van der Waals surface area contributed by atoms with E-state index >= 15 is 0 Å². The van der Waals surface area contributed by atoms with Gasteiger partial charge >= 0.3 is 0 Å². The largest absolute Gasteiger partial charge is 0.302 e. The SMILES string of the molecule is CC(NC1C=CS(=O)(=O)C1)c1ccc(Br)s1. The van der Waals surface area contributed by atoms with Crippen LogP contribution in [0.3, 0.4) is 0 Å². The third-order valence-electron chi connectivity index (χ3n) is 2.41. The molecule has 6 heteroatoms. The molecular formula is C10H12BrNO2S2. The van der Waals surface area contributed by atoms with E-state index in [9.17, 15) is 8.42 Å². The Balaban J connectivity index is 1.99. The van der Waals surface area contributed by atoms with Crippen LogP contribution < -0.4 is 5.32 Å². The summed E-state index contributed by atoms with van der Waals surface area (Å²) in [6, 6.07) is 4.14. The highest BCUT2D eigenvalue weighted by Gasteiger charge is 2.23. The Hall–Kier alpha value is -0.170. The van der Waals surface area contributed by atoms with Crippen molar-refractivity contribution in [1.29, 1.82) is 0 Å². The lowest BCUT2D eigenvalue weighted by Crippen LogP contribution is -2.31. The van der Waals surface area contributed by atoms with E-state index in [2.05, 4.69) is 21.2 Å². The van der Waals surface area contributed by atoms with Gasteiger partial charge in [-0.3, -0.25) is 0 Å². The molecule has 1 aliphatic rings. The standard InChI is InChI=1S/C10H12BrNO2S2/c1-7(9-2-3-10(11)15-9)12-8-4-5-16(13,14)6-8/h2-5,7-8,12H,6H2,1H3. The van der Waals surface area contributed by atoms with Crippen molar-refractivity contribution >= 4 is 37.1 Å². The summed E-state index contributed by atoms with van der Waals surface area (Å²) >= 11 is 5.07. The van der Waals surface area contributed by atoms with Crippen LogP contribution in [0, 0.1) is 0 Å². The average molecular weight is 322 g/mol. The van der Waals surface area contributed by atoms with Crippen molar-refractivity contribution in [2.24, 2.45) is 0 Å². The van der Waals surface area contributed by atoms with Crippen LogP contribution in [-0.2, 0) is 9.84 Å². The summed E-state index contributed by atoms with van der Waals surface area (Å²) < 4.78 is 23.6. The molecule has 0 saturated heterocycles. The lowest BCUT2D eigenvalue weighted by Gasteiger charge is -2.16. The van der Waals surface area contributed by atoms with Gasteiger partial charge in [0.15, 0.2) is 9.84 Å². The predicted octanol–water partition coefficient (Wildman–Crippen LogP) is 2.47. The summed E-state index contributed by atoms with van der Waals surface area (Å²) in [7, 11) is -2.97. The molecule has 2 atom stereocenters. The van der Waals surface area contributed by atoms with Crippen molar-refractivity contribution in [3.8, 4) is 0 Å². The average Bonchev–Trinajstić information content (AvgIpc) is 2.73. The molecule has 2 unspecified atom stereocenters. The minimum absolute atomic E-state index is 0.0686. The topological polar surface area (TPSA) is 46.2 Å². The van der Waals surface area contributed by atoms with Crippen molar-refractivity contribution in [1.82, 2.24) is 5.32 Å². The highest BCUT2D eigenvalue weighted by atomic mass is 79.9. The summed E-state index contributed by atoms with van der Waals surface area (Å²) in [6.07, 6.45) is 1.72. The molecule has 1 N–H and O–H groups in total. The molecule has 0 radical (unpaired) electrons. The van der Waals surface area contributed by atoms with Crippen LogP contribution in [0.5, 0.6) is 0 Å². The molecule has 3 nitrogen and oxygen atoms in total. The molecule has 1 aromatic rings. The quantitative estimate of drug-likeness (QED) is 0.930. The molecule has 1 aliphatic heterocycles. The molecule has 0 saturated carbocycles. The number of hydrogen-bond acceptors (Lipinski definition) is 4. The minimum atomic E-state index is -2.97. The molecule has 88 valence electrons. The van der Waals surface area contributed by atoms with Gasteiger partial charge in [-0.05, 0) is 35.0 Å². The zero-order valence-corrected chi connectivity index (χ0v) is 11.9. The number of hydrogen-bond donors (Lipinski definition) is 1. The fourth-order valence-corrected chi connectivity index (χ4v) is 4.33. The number of nitrogens with one attached hydrogen (secondary N) is 1. The second-order valence-corrected chi connectivity index (χ2v) is 8.22. The van der Waals surface area contributed by atoms with Gasteiger partial charge in [-0.2, -0.15) is 0 Å². The van der Waals surface area contributed by atoms with E-state index in [-0.39, 0.29) is 17.8 Å². The zero-order valence-electron chi connectivity index (χ0n) is 8.68. The smallest absolute Gasteiger partial charge is 0.173 e. The van der Waals surface area contributed by atoms with Crippen LogP contribution >= 0.6 is 27.3 Å². The van der Waals surface area contributed by atoms with Crippen molar-refractivity contribution in [3.63, 3.8) is 0 Å². The third kappa shape index (κ3) is 2.94. The van der Waals surface area contributed by atoms with Gasteiger partial charge in [0.05, 0.1) is 9.54 Å². The Morgan fingerprint density at radius 2 is 2.31 bits per heavy atom. The van der Waals surface area contributed by atoms with E-state index in [1.54, 1.807) is 17.4 Å². The van der Waals surface area contributed by atoms with Gasteiger partial charge in [0.1, 0.15) is 0 Å². The first-order valence-electron chi connectivity index (χ1n) is 4.88.